The van der Waals surface area contributed by atoms with Gasteiger partial charge >= 0.3 is 0 Å². The fraction of sp³-hybridized carbons (Fsp3) is 0.417. The lowest BCUT2D eigenvalue weighted by Gasteiger charge is -2.26. The van der Waals surface area contributed by atoms with E-state index in [1.807, 2.05) is 18.2 Å². The minimum absolute atomic E-state index is 0.666. The average molecular weight is 446 g/mol. The maximum atomic E-state index is 6.45. The van der Waals surface area contributed by atoms with Crippen molar-refractivity contribution in [1.82, 2.24) is 14.8 Å². The monoisotopic (exact) mass is 445 g/mol. The lowest BCUT2D eigenvalue weighted by atomic mass is 10.1. The van der Waals surface area contributed by atoms with Crippen LogP contribution in [0.1, 0.15) is 23.2 Å². The Kier molecular flexibility index (Phi) is 7.34. The van der Waals surface area contributed by atoms with Crippen molar-refractivity contribution in [1.29, 1.82) is 0 Å². The summed E-state index contributed by atoms with van der Waals surface area (Å²) in [5.41, 5.74) is 4.96. The van der Waals surface area contributed by atoms with Crippen molar-refractivity contribution in [3.63, 3.8) is 0 Å². The first-order valence-corrected chi connectivity index (χ1v) is 11.4. The van der Waals surface area contributed by atoms with Crippen LogP contribution in [-0.4, -0.2) is 48.9 Å². The number of nitrogens with zero attached hydrogens (tertiary/aromatic N) is 2. The molecule has 2 aromatic carbocycles. The largest absolute Gasteiger partial charge is 0.379 e. The van der Waals surface area contributed by atoms with E-state index in [1.165, 1.54) is 22.2 Å². The first-order valence-electron chi connectivity index (χ1n) is 10.6. The van der Waals surface area contributed by atoms with Gasteiger partial charge in [0.15, 0.2) is 0 Å². The number of halogens is 2. The van der Waals surface area contributed by atoms with Gasteiger partial charge in [0, 0.05) is 52.8 Å². The summed E-state index contributed by atoms with van der Waals surface area (Å²) >= 11 is 12.5. The predicted octanol–water partition coefficient (Wildman–Crippen LogP) is 5.12. The molecule has 4 nitrogen and oxygen atoms in total. The van der Waals surface area contributed by atoms with Crippen LogP contribution in [0.4, 0.5) is 0 Å². The summed E-state index contributed by atoms with van der Waals surface area (Å²) in [6, 6.07) is 14.4. The smallest absolute Gasteiger partial charge is 0.0594 e. The van der Waals surface area contributed by atoms with E-state index in [-0.39, 0.29) is 0 Å². The Morgan fingerprint density at radius 2 is 1.87 bits per heavy atom. The molecule has 6 heteroatoms. The molecule has 1 fully saturated rings. The normalized spacial score (nSPS) is 15.2. The molecular weight excluding hydrogens is 417 g/mol. The molecule has 0 bridgehead atoms. The molecule has 1 aliphatic heterocycles. The maximum Gasteiger partial charge on any atom is 0.0594 e. The number of hydrogen-bond acceptors (Lipinski definition) is 3. The second-order valence-corrected chi connectivity index (χ2v) is 8.73. The highest BCUT2D eigenvalue weighted by Gasteiger charge is 2.15. The number of rotatable bonds is 8. The molecule has 0 atom stereocenters. The fourth-order valence-corrected chi connectivity index (χ4v) is 4.68. The number of aromatic nitrogens is 1. The van der Waals surface area contributed by atoms with Crippen LogP contribution >= 0.6 is 23.2 Å². The van der Waals surface area contributed by atoms with Gasteiger partial charge in [-0.05, 0) is 55.8 Å². The van der Waals surface area contributed by atoms with Crippen LogP contribution in [0.25, 0.3) is 10.9 Å². The molecule has 1 aliphatic rings. The van der Waals surface area contributed by atoms with Gasteiger partial charge in [0.05, 0.1) is 13.2 Å². The number of hydrogen-bond donors (Lipinski definition) is 1. The van der Waals surface area contributed by atoms with Crippen molar-refractivity contribution < 1.29 is 4.74 Å². The Morgan fingerprint density at radius 3 is 2.67 bits per heavy atom. The SMILES string of the molecule is Cc1c(CNCCCN2CCOCC2)c2ccccc2n1Cc1ccc(Cl)cc1Cl. The molecule has 30 heavy (non-hydrogen) atoms. The van der Waals surface area contributed by atoms with E-state index in [1.54, 1.807) is 0 Å². The molecule has 4 rings (SSSR count). The Hall–Kier alpha value is -1.56. The van der Waals surface area contributed by atoms with Crippen molar-refractivity contribution in [2.75, 3.05) is 39.4 Å². The topological polar surface area (TPSA) is 29.4 Å². The first kappa shape index (κ1) is 21.7. The van der Waals surface area contributed by atoms with E-state index < -0.39 is 0 Å². The Balaban J connectivity index is 1.45. The fourth-order valence-electron chi connectivity index (χ4n) is 4.22. The maximum absolute atomic E-state index is 6.45. The summed E-state index contributed by atoms with van der Waals surface area (Å²) in [5.74, 6) is 0. The summed E-state index contributed by atoms with van der Waals surface area (Å²) in [6.45, 7) is 9.80. The van der Waals surface area contributed by atoms with E-state index >= 15 is 0 Å². The van der Waals surface area contributed by atoms with Crippen LogP contribution in [0.2, 0.25) is 10.0 Å². The average Bonchev–Trinajstić information content (AvgIpc) is 3.02. The summed E-state index contributed by atoms with van der Waals surface area (Å²) in [5, 5.41) is 6.34. The first-order chi connectivity index (χ1) is 14.6. The van der Waals surface area contributed by atoms with Crippen molar-refractivity contribution >= 4 is 34.1 Å². The van der Waals surface area contributed by atoms with Crippen LogP contribution in [0.5, 0.6) is 0 Å². The van der Waals surface area contributed by atoms with Gasteiger partial charge in [-0.3, -0.25) is 4.90 Å². The highest BCUT2D eigenvalue weighted by Crippen LogP contribution is 2.29. The van der Waals surface area contributed by atoms with Crippen LogP contribution in [0.3, 0.4) is 0 Å². The molecule has 0 radical (unpaired) electrons. The molecule has 0 spiro atoms. The van der Waals surface area contributed by atoms with Crippen molar-refractivity contribution in [2.24, 2.45) is 0 Å². The molecule has 1 saturated heterocycles. The van der Waals surface area contributed by atoms with Gasteiger partial charge in [0.2, 0.25) is 0 Å². The molecule has 3 aromatic rings. The highest BCUT2D eigenvalue weighted by molar-refractivity contribution is 6.35. The second kappa shape index (κ2) is 10.2. The highest BCUT2D eigenvalue weighted by atomic mass is 35.5. The molecule has 2 heterocycles. The lowest BCUT2D eigenvalue weighted by Crippen LogP contribution is -2.37. The van der Waals surface area contributed by atoms with Gasteiger partial charge in [0.25, 0.3) is 0 Å². The van der Waals surface area contributed by atoms with E-state index in [0.29, 0.717) is 10.0 Å². The Bertz CT molecular complexity index is 996. The third kappa shape index (κ3) is 5.01. The van der Waals surface area contributed by atoms with Gasteiger partial charge in [-0.1, -0.05) is 47.5 Å². The molecular formula is C24H29Cl2N3O. The molecule has 1 N–H and O–H groups in total. The predicted molar refractivity (Wildman–Crippen MR) is 126 cm³/mol. The van der Waals surface area contributed by atoms with Crippen LogP contribution in [-0.2, 0) is 17.8 Å². The van der Waals surface area contributed by atoms with Crippen molar-refractivity contribution in [2.45, 2.75) is 26.4 Å². The minimum Gasteiger partial charge on any atom is -0.379 e. The Morgan fingerprint density at radius 1 is 1.07 bits per heavy atom. The zero-order valence-corrected chi connectivity index (χ0v) is 19.0. The van der Waals surface area contributed by atoms with Crippen molar-refractivity contribution in [3.8, 4) is 0 Å². The number of morpholine rings is 1. The minimum atomic E-state index is 0.666. The van der Waals surface area contributed by atoms with Crippen LogP contribution < -0.4 is 5.32 Å². The molecule has 1 aromatic heterocycles. The number of para-hydroxylation sites is 1. The molecule has 0 aliphatic carbocycles. The van der Waals surface area contributed by atoms with Crippen LogP contribution in [0, 0.1) is 6.92 Å². The van der Waals surface area contributed by atoms with Gasteiger partial charge < -0.3 is 14.6 Å². The summed E-state index contributed by atoms with van der Waals surface area (Å²) in [7, 11) is 0. The van der Waals surface area contributed by atoms with Gasteiger partial charge in [-0.15, -0.1) is 0 Å². The molecule has 160 valence electrons. The molecule has 0 amide bonds. The van der Waals surface area contributed by atoms with Gasteiger partial charge in [-0.2, -0.15) is 0 Å². The number of benzene rings is 2. The summed E-state index contributed by atoms with van der Waals surface area (Å²) in [4.78, 5) is 2.48. The molecule has 0 unspecified atom stereocenters. The lowest BCUT2D eigenvalue weighted by molar-refractivity contribution is 0.0374. The van der Waals surface area contributed by atoms with E-state index in [2.05, 4.69) is 46.0 Å². The second-order valence-electron chi connectivity index (χ2n) is 7.89. The number of fused-ring (bicyclic) bond motifs is 1. The molecule has 0 saturated carbocycles. The Labute approximate surface area is 188 Å². The van der Waals surface area contributed by atoms with E-state index in [9.17, 15) is 0 Å². The third-order valence-corrected chi connectivity index (χ3v) is 6.53. The zero-order chi connectivity index (χ0) is 20.9. The van der Waals surface area contributed by atoms with Gasteiger partial charge in [0.1, 0.15) is 0 Å². The van der Waals surface area contributed by atoms with E-state index in [0.717, 1.165) is 64.5 Å². The number of nitrogens with one attached hydrogen (secondary N) is 1. The third-order valence-electron chi connectivity index (χ3n) is 5.94. The number of ether oxygens (including phenoxy) is 1. The summed E-state index contributed by atoms with van der Waals surface area (Å²) in [6.07, 6.45) is 1.15. The quantitative estimate of drug-likeness (QED) is 0.488. The van der Waals surface area contributed by atoms with Crippen molar-refractivity contribution in [3.05, 3.63) is 69.3 Å². The van der Waals surface area contributed by atoms with Crippen LogP contribution in [0.15, 0.2) is 42.5 Å². The summed E-state index contributed by atoms with van der Waals surface area (Å²) < 4.78 is 7.78. The standard InChI is InChI=1S/C24H29Cl2N3O/c1-18-22(16-27-9-4-10-28-11-13-30-14-12-28)21-5-2-3-6-24(21)29(18)17-19-7-8-20(25)15-23(19)26/h2-3,5-8,15,27H,4,9-14,16-17H2,1H3. The zero-order valence-electron chi connectivity index (χ0n) is 17.5. The van der Waals surface area contributed by atoms with E-state index in [4.69, 9.17) is 27.9 Å². The van der Waals surface area contributed by atoms with Gasteiger partial charge in [-0.25, -0.2) is 0 Å².